The van der Waals surface area contributed by atoms with Crippen molar-refractivity contribution in [2.75, 3.05) is 0 Å². The molecular weight excluding hydrogens is 387 g/mol. The van der Waals surface area contributed by atoms with E-state index in [0.717, 1.165) is 12.1 Å². The molecule has 0 aliphatic rings. The van der Waals surface area contributed by atoms with E-state index >= 15 is 0 Å². The summed E-state index contributed by atoms with van der Waals surface area (Å²) in [4.78, 5) is 31.5. The van der Waals surface area contributed by atoms with Crippen LogP contribution in [0.4, 0.5) is 0 Å². The fraction of sp³-hybridized carbons (Fsp3) is 0.167. The van der Waals surface area contributed by atoms with E-state index in [2.05, 4.69) is 13.3 Å². The van der Waals surface area contributed by atoms with Gasteiger partial charge in [-0.15, -0.1) is 0 Å². The molecule has 0 amide bonds. The van der Waals surface area contributed by atoms with E-state index in [9.17, 15) is 24.6 Å². The van der Waals surface area contributed by atoms with Crippen LogP contribution in [0.5, 0.6) is 17.2 Å². The minimum Gasteiger partial charge on any atom is -0.868 e. The third-order valence-electron chi connectivity index (χ3n) is 3.05. The van der Waals surface area contributed by atoms with E-state index in [-0.39, 0.29) is 40.4 Å². The monoisotopic (exact) mass is 403 g/mol. The van der Waals surface area contributed by atoms with Crippen LogP contribution in [0, 0.1) is 20.8 Å². The van der Waals surface area contributed by atoms with Gasteiger partial charge in [0.2, 0.25) is 11.2 Å². The number of hydrogen-bond acceptors (Lipinski definition) is 9. The van der Waals surface area contributed by atoms with Crippen molar-refractivity contribution in [2.45, 2.75) is 20.8 Å². The van der Waals surface area contributed by atoms with Crippen LogP contribution < -0.4 is 26.5 Å². The summed E-state index contributed by atoms with van der Waals surface area (Å²) in [7, 11) is 0. The minimum absolute atomic E-state index is 0. The van der Waals surface area contributed by atoms with Crippen molar-refractivity contribution < 1.29 is 28.6 Å². The fourth-order valence-corrected chi connectivity index (χ4v) is 1.51. The van der Waals surface area contributed by atoms with Crippen molar-refractivity contribution in [3.8, 4) is 17.2 Å². The first-order valence-corrected chi connectivity index (χ1v) is 7.43. The Balaban J connectivity index is 0.000000384. The van der Waals surface area contributed by atoms with E-state index < -0.39 is 27.8 Å². The Morgan fingerprint density at radius 2 is 1.00 bits per heavy atom. The standard InChI is InChI=1S/3C6H6O3.Al/c3*1-4-6(8)5(7)2-3-9-4;/h3*2-3,8H,1H3;/q;;;+3/p-2. The Morgan fingerprint density at radius 1 is 0.679 bits per heavy atom. The van der Waals surface area contributed by atoms with Crippen molar-refractivity contribution in [3.05, 3.63) is 84.9 Å². The second-order valence-corrected chi connectivity index (χ2v) is 5.03. The van der Waals surface area contributed by atoms with Crippen LogP contribution in [0.15, 0.2) is 64.6 Å². The molecule has 0 aliphatic carbocycles. The Hall–Kier alpha value is -3.22. The average Bonchev–Trinajstić information content (AvgIpc) is 2.63. The normalized spacial score (nSPS) is 9.11. The molecule has 0 fully saturated rings. The summed E-state index contributed by atoms with van der Waals surface area (Å²) in [6.45, 7) is 4.45. The van der Waals surface area contributed by atoms with Crippen molar-refractivity contribution in [3.63, 3.8) is 0 Å². The van der Waals surface area contributed by atoms with E-state index in [1.165, 1.54) is 45.6 Å². The van der Waals surface area contributed by atoms with Gasteiger partial charge in [-0.2, -0.15) is 0 Å². The second-order valence-electron chi connectivity index (χ2n) is 5.03. The van der Waals surface area contributed by atoms with Gasteiger partial charge in [0.15, 0.2) is 10.9 Å². The van der Waals surface area contributed by atoms with Gasteiger partial charge in [-0.1, -0.05) is 0 Å². The molecule has 1 N–H and O–H groups in total. The molecule has 3 aromatic rings. The molecule has 144 valence electrons. The van der Waals surface area contributed by atoms with Gasteiger partial charge in [-0.05, 0) is 32.3 Å². The second kappa shape index (κ2) is 11.5. The van der Waals surface area contributed by atoms with Crippen molar-refractivity contribution in [1.29, 1.82) is 0 Å². The zero-order valence-electron chi connectivity index (χ0n) is 15.3. The van der Waals surface area contributed by atoms with E-state index in [1.807, 2.05) is 0 Å². The maximum atomic E-state index is 10.6. The van der Waals surface area contributed by atoms with Crippen LogP contribution in [0.2, 0.25) is 0 Å². The maximum absolute atomic E-state index is 10.6. The van der Waals surface area contributed by atoms with Gasteiger partial charge in [0, 0.05) is 18.2 Å². The van der Waals surface area contributed by atoms with Gasteiger partial charge in [0.1, 0.15) is 5.76 Å². The molecule has 3 heterocycles. The molecule has 0 saturated carbocycles. The Labute approximate surface area is 169 Å². The molecule has 3 aromatic heterocycles. The third kappa shape index (κ3) is 7.19. The number of aryl methyl sites for hydroxylation is 3. The summed E-state index contributed by atoms with van der Waals surface area (Å²) in [6.07, 6.45) is 3.66. The van der Waals surface area contributed by atoms with Crippen molar-refractivity contribution in [2.24, 2.45) is 0 Å². The van der Waals surface area contributed by atoms with E-state index in [4.69, 9.17) is 5.11 Å². The molecule has 3 rings (SSSR count). The van der Waals surface area contributed by atoms with Gasteiger partial charge in [-0.25, -0.2) is 0 Å². The molecule has 0 saturated heterocycles. The third-order valence-corrected chi connectivity index (χ3v) is 3.05. The minimum atomic E-state index is -0.558. The van der Waals surface area contributed by atoms with Crippen LogP contribution in [0.25, 0.3) is 0 Å². The van der Waals surface area contributed by atoms with Crippen LogP contribution >= 0.6 is 0 Å². The van der Waals surface area contributed by atoms with E-state index in [0.29, 0.717) is 0 Å². The van der Waals surface area contributed by atoms with Crippen LogP contribution in [0.3, 0.4) is 0 Å². The van der Waals surface area contributed by atoms with Crippen LogP contribution in [-0.4, -0.2) is 22.5 Å². The number of aromatic hydroxyl groups is 1. The SMILES string of the molecule is Cc1occc(=O)c1O.Cc1occc(=O)c1[O-].Cc1occc(=O)c1[O-].[Al+3]. The molecule has 0 bridgehead atoms. The Morgan fingerprint density at radius 3 is 1.25 bits per heavy atom. The first-order chi connectivity index (χ1) is 12.6. The molecule has 0 aliphatic heterocycles. The molecule has 9 nitrogen and oxygen atoms in total. The van der Waals surface area contributed by atoms with Crippen molar-refractivity contribution >= 4 is 17.4 Å². The molecule has 0 atom stereocenters. The van der Waals surface area contributed by atoms with Gasteiger partial charge < -0.3 is 28.6 Å². The van der Waals surface area contributed by atoms with Gasteiger partial charge in [-0.3, -0.25) is 14.4 Å². The molecule has 0 unspecified atom stereocenters. The zero-order chi connectivity index (χ0) is 20.6. The Bertz CT molecular complexity index is 927. The molecule has 28 heavy (non-hydrogen) atoms. The predicted octanol–water partition coefficient (Wildman–Crippen LogP) is 0.317. The number of hydrogen-bond donors (Lipinski definition) is 1. The van der Waals surface area contributed by atoms with Gasteiger partial charge in [0.25, 0.3) is 0 Å². The predicted molar refractivity (Wildman–Crippen MR) is 95.5 cm³/mol. The van der Waals surface area contributed by atoms with Crippen LogP contribution in [-0.2, 0) is 0 Å². The maximum Gasteiger partial charge on any atom is 3.00 e. The molecule has 0 aromatic carbocycles. The number of rotatable bonds is 0. The summed E-state index contributed by atoms with van der Waals surface area (Å²) in [5.41, 5.74) is -1.43. The van der Waals surface area contributed by atoms with Gasteiger partial charge in [0.05, 0.1) is 30.3 Å². The summed E-state index contributed by atoms with van der Waals surface area (Å²) in [6, 6.07) is 3.38. The largest absolute Gasteiger partial charge is 3.00 e. The van der Waals surface area contributed by atoms with E-state index in [1.54, 1.807) is 0 Å². The Kier molecular flexibility index (Phi) is 10.2. The van der Waals surface area contributed by atoms with Crippen LogP contribution in [0.1, 0.15) is 17.3 Å². The summed E-state index contributed by atoms with van der Waals surface area (Å²) in [5, 5.41) is 29.9. The first kappa shape index (κ1) is 24.8. The van der Waals surface area contributed by atoms with Gasteiger partial charge >= 0.3 is 17.4 Å². The van der Waals surface area contributed by atoms with Crippen molar-refractivity contribution in [1.82, 2.24) is 0 Å². The smallest absolute Gasteiger partial charge is 0.868 e. The molecule has 10 heteroatoms. The molecule has 0 radical (unpaired) electrons. The topological polar surface area (TPSA) is 157 Å². The zero-order valence-corrected chi connectivity index (χ0v) is 16.4. The summed E-state index contributed by atoms with van der Waals surface area (Å²) < 4.78 is 13.9. The average molecular weight is 403 g/mol. The fourth-order valence-electron chi connectivity index (χ4n) is 1.51. The summed E-state index contributed by atoms with van der Waals surface area (Å²) >= 11 is 0. The molecule has 0 spiro atoms. The first-order valence-electron chi connectivity index (χ1n) is 7.43. The quantitative estimate of drug-likeness (QED) is 0.522. The summed E-state index contributed by atoms with van der Waals surface area (Å²) in [5.74, 6) is -0.889. The molecular formula is C18H16AlO9+.